The van der Waals surface area contributed by atoms with Crippen LogP contribution in [0.4, 0.5) is 5.69 Å². The molecule has 10 nitrogen and oxygen atoms in total. The molecule has 154 valence electrons. The van der Waals surface area contributed by atoms with Crippen molar-refractivity contribution in [3.63, 3.8) is 0 Å². The number of nitro groups is 1. The lowest BCUT2D eigenvalue weighted by molar-refractivity contribution is -0.384. The number of carbonyl (C=O) groups excluding carboxylic acids is 2. The molecule has 1 heterocycles. The van der Waals surface area contributed by atoms with Crippen molar-refractivity contribution in [2.75, 3.05) is 0 Å². The normalized spacial score (nSPS) is 11.5. The van der Waals surface area contributed by atoms with Crippen molar-refractivity contribution in [2.24, 2.45) is 0 Å². The Morgan fingerprint density at radius 3 is 2.57 bits per heavy atom. The Labute approximate surface area is 172 Å². The molecule has 3 aromatic rings. The van der Waals surface area contributed by atoms with Gasteiger partial charge in [0.15, 0.2) is 0 Å². The second-order valence-electron chi connectivity index (χ2n) is 6.63. The van der Waals surface area contributed by atoms with E-state index in [1.54, 1.807) is 17.9 Å². The summed E-state index contributed by atoms with van der Waals surface area (Å²) in [5.41, 5.74) is 1.88. The smallest absolute Gasteiger partial charge is 0.270 e. The summed E-state index contributed by atoms with van der Waals surface area (Å²) in [5, 5.41) is 20.2. The molecule has 1 aromatic heterocycles. The molecule has 1 unspecified atom stereocenters. The minimum atomic E-state index is -0.802. The van der Waals surface area contributed by atoms with E-state index >= 15 is 0 Å². The van der Waals surface area contributed by atoms with Crippen LogP contribution in [0.5, 0.6) is 0 Å². The van der Waals surface area contributed by atoms with Gasteiger partial charge in [0.25, 0.3) is 11.6 Å². The predicted octanol–water partition coefficient (Wildman–Crippen LogP) is 1.67. The Kier molecular flexibility index (Phi) is 6.48. The average Bonchev–Trinajstić information content (AvgIpc) is 3.26. The first-order chi connectivity index (χ1) is 14.4. The molecule has 2 amide bonds. The van der Waals surface area contributed by atoms with E-state index in [0.29, 0.717) is 13.1 Å². The van der Waals surface area contributed by atoms with Gasteiger partial charge in [-0.2, -0.15) is 5.10 Å². The van der Waals surface area contributed by atoms with E-state index in [1.165, 1.54) is 30.6 Å². The zero-order chi connectivity index (χ0) is 21.5. The standard InChI is InChI=1S/C20H20N6O4/c1-14(24-20(28)17-3-2-4-18(9-17)26(29)30)19(27)22-10-15-5-7-16(8-6-15)11-25-13-21-12-23-25/h2-9,12-14H,10-11H2,1H3,(H,22,27)(H,24,28). The highest BCUT2D eigenvalue weighted by molar-refractivity contribution is 5.97. The van der Waals surface area contributed by atoms with Crippen LogP contribution in [0, 0.1) is 10.1 Å². The fourth-order valence-electron chi connectivity index (χ4n) is 2.71. The van der Waals surface area contributed by atoms with E-state index in [1.807, 2.05) is 24.3 Å². The van der Waals surface area contributed by atoms with Gasteiger partial charge in [0, 0.05) is 24.2 Å². The van der Waals surface area contributed by atoms with Crippen molar-refractivity contribution in [3.05, 3.63) is 88.0 Å². The van der Waals surface area contributed by atoms with Crippen LogP contribution >= 0.6 is 0 Å². The summed E-state index contributed by atoms with van der Waals surface area (Å²) in [4.78, 5) is 38.7. The maximum absolute atomic E-state index is 12.3. The lowest BCUT2D eigenvalue weighted by Gasteiger charge is -2.14. The number of rotatable bonds is 8. The van der Waals surface area contributed by atoms with E-state index in [2.05, 4.69) is 20.7 Å². The first-order valence-electron chi connectivity index (χ1n) is 9.15. The summed E-state index contributed by atoms with van der Waals surface area (Å²) in [5.74, 6) is -0.917. The minimum absolute atomic E-state index is 0.117. The van der Waals surface area contributed by atoms with Crippen LogP contribution in [0.2, 0.25) is 0 Å². The molecule has 0 bridgehead atoms. The Bertz CT molecular complexity index is 1030. The van der Waals surface area contributed by atoms with Crippen LogP contribution < -0.4 is 10.6 Å². The third-order valence-electron chi connectivity index (χ3n) is 4.36. The van der Waals surface area contributed by atoms with Gasteiger partial charge in [-0.3, -0.25) is 19.7 Å². The van der Waals surface area contributed by atoms with Gasteiger partial charge in [0.1, 0.15) is 18.7 Å². The van der Waals surface area contributed by atoms with Crippen LogP contribution in [-0.4, -0.2) is 37.5 Å². The topological polar surface area (TPSA) is 132 Å². The molecular formula is C20H20N6O4. The number of hydrogen-bond donors (Lipinski definition) is 2. The SMILES string of the molecule is CC(NC(=O)c1cccc([N+](=O)[O-])c1)C(=O)NCc1ccc(Cn2cncn2)cc1. The van der Waals surface area contributed by atoms with Crippen molar-refractivity contribution < 1.29 is 14.5 Å². The van der Waals surface area contributed by atoms with Crippen molar-refractivity contribution in [1.82, 2.24) is 25.4 Å². The molecule has 0 aliphatic carbocycles. The van der Waals surface area contributed by atoms with Crippen LogP contribution in [0.3, 0.4) is 0 Å². The second-order valence-corrected chi connectivity index (χ2v) is 6.63. The molecule has 0 saturated heterocycles. The lowest BCUT2D eigenvalue weighted by atomic mass is 10.1. The van der Waals surface area contributed by atoms with Gasteiger partial charge in [-0.25, -0.2) is 9.67 Å². The number of nitrogens with zero attached hydrogens (tertiary/aromatic N) is 4. The maximum Gasteiger partial charge on any atom is 0.270 e. The summed E-state index contributed by atoms with van der Waals surface area (Å²) in [6.07, 6.45) is 3.11. The number of nitrogens with one attached hydrogen (secondary N) is 2. The number of aromatic nitrogens is 3. The minimum Gasteiger partial charge on any atom is -0.350 e. The van der Waals surface area contributed by atoms with Crippen LogP contribution in [0.1, 0.15) is 28.4 Å². The summed E-state index contributed by atoms with van der Waals surface area (Å²) in [6, 6.07) is 12.2. The van der Waals surface area contributed by atoms with Gasteiger partial charge >= 0.3 is 0 Å². The predicted molar refractivity (Wildman–Crippen MR) is 107 cm³/mol. The highest BCUT2D eigenvalue weighted by atomic mass is 16.6. The molecule has 0 saturated carbocycles. The van der Waals surface area contributed by atoms with E-state index in [9.17, 15) is 19.7 Å². The zero-order valence-corrected chi connectivity index (χ0v) is 16.2. The molecule has 0 aliphatic heterocycles. The summed E-state index contributed by atoms with van der Waals surface area (Å²) in [7, 11) is 0. The Balaban J connectivity index is 1.50. The van der Waals surface area contributed by atoms with E-state index in [0.717, 1.165) is 11.1 Å². The van der Waals surface area contributed by atoms with E-state index in [4.69, 9.17) is 0 Å². The van der Waals surface area contributed by atoms with E-state index in [-0.39, 0.29) is 17.2 Å². The Morgan fingerprint density at radius 2 is 1.90 bits per heavy atom. The van der Waals surface area contributed by atoms with Crippen LogP contribution in [-0.2, 0) is 17.9 Å². The first kappa shape index (κ1) is 20.6. The molecule has 1 atom stereocenters. The van der Waals surface area contributed by atoms with Gasteiger partial charge in [-0.15, -0.1) is 0 Å². The molecule has 0 aliphatic rings. The number of benzene rings is 2. The molecule has 2 aromatic carbocycles. The first-order valence-corrected chi connectivity index (χ1v) is 9.15. The molecule has 0 spiro atoms. The second kappa shape index (κ2) is 9.41. The summed E-state index contributed by atoms with van der Waals surface area (Å²) < 4.78 is 1.71. The van der Waals surface area contributed by atoms with Crippen LogP contribution in [0.15, 0.2) is 61.2 Å². The molecule has 0 radical (unpaired) electrons. The van der Waals surface area contributed by atoms with Crippen molar-refractivity contribution >= 4 is 17.5 Å². The molecule has 3 rings (SSSR count). The fourth-order valence-corrected chi connectivity index (χ4v) is 2.71. The van der Waals surface area contributed by atoms with Gasteiger partial charge in [-0.1, -0.05) is 30.3 Å². The van der Waals surface area contributed by atoms with Gasteiger partial charge in [-0.05, 0) is 24.1 Å². The molecule has 10 heteroatoms. The molecular weight excluding hydrogens is 388 g/mol. The largest absolute Gasteiger partial charge is 0.350 e. The molecule has 0 fully saturated rings. The van der Waals surface area contributed by atoms with Gasteiger partial charge < -0.3 is 10.6 Å². The molecule has 2 N–H and O–H groups in total. The van der Waals surface area contributed by atoms with Gasteiger partial charge in [0.2, 0.25) is 5.91 Å². The van der Waals surface area contributed by atoms with E-state index < -0.39 is 16.9 Å². The average molecular weight is 408 g/mol. The monoisotopic (exact) mass is 408 g/mol. The third kappa shape index (κ3) is 5.47. The van der Waals surface area contributed by atoms with Crippen LogP contribution in [0.25, 0.3) is 0 Å². The number of nitro benzene ring substituents is 1. The highest BCUT2D eigenvalue weighted by Crippen LogP contribution is 2.13. The number of non-ortho nitro benzene ring substituents is 1. The maximum atomic E-state index is 12.3. The highest BCUT2D eigenvalue weighted by Gasteiger charge is 2.18. The van der Waals surface area contributed by atoms with Crippen molar-refractivity contribution in [2.45, 2.75) is 26.1 Å². The summed E-state index contributed by atoms with van der Waals surface area (Å²) in [6.45, 7) is 2.46. The van der Waals surface area contributed by atoms with Crippen molar-refractivity contribution in [3.8, 4) is 0 Å². The number of amides is 2. The lowest BCUT2D eigenvalue weighted by Crippen LogP contribution is -2.44. The Morgan fingerprint density at radius 1 is 1.17 bits per heavy atom. The quantitative estimate of drug-likeness (QED) is 0.430. The molecule has 30 heavy (non-hydrogen) atoms. The summed E-state index contributed by atoms with van der Waals surface area (Å²) >= 11 is 0. The fraction of sp³-hybridized carbons (Fsp3) is 0.200. The van der Waals surface area contributed by atoms with Crippen molar-refractivity contribution in [1.29, 1.82) is 0 Å². The number of carbonyl (C=O) groups is 2. The third-order valence-corrected chi connectivity index (χ3v) is 4.36. The number of hydrogen-bond acceptors (Lipinski definition) is 6. The zero-order valence-electron chi connectivity index (χ0n) is 16.2. The van der Waals surface area contributed by atoms with Gasteiger partial charge in [0.05, 0.1) is 11.5 Å². The Hall–Kier alpha value is -4.08.